The van der Waals surface area contributed by atoms with Crippen LogP contribution in [0.5, 0.6) is 11.5 Å². The molecule has 0 heterocycles. The van der Waals surface area contributed by atoms with Crippen LogP contribution in [0.1, 0.15) is 11.6 Å². The number of ether oxygens (including phenoxy) is 1. The molecule has 3 N–H and O–H groups in total. The SMILES string of the molecule is COc1cc(C(N)C(F)F)c(Br)cc1O. The molecule has 0 radical (unpaired) electrons. The molecule has 1 aromatic carbocycles. The molecular formula is C9H10BrF2NO2. The summed E-state index contributed by atoms with van der Waals surface area (Å²) in [7, 11) is 1.33. The van der Waals surface area contributed by atoms with Crippen molar-refractivity contribution in [2.75, 3.05) is 7.11 Å². The summed E-state index contributed by atoms with van der Waals surface area (Å²) < 4.78 is 29.9. The van der Waals surface area contributed by atoms with E-state index in [4.69, 9.17) is 10.5 Å². The Morgan fingerprint density at radius 3 is 2.53 bits per heavy atom. The van der Waals surface area contributed by atoms with Gasteiger partial charge >= 0.3 is 0 Å². The van der Waals surface area contributed by atoms with Crippen molar-refractivity contribution in [1.29, 1.82) is 0 Å². The van der Waals surface area contributed by atoms with Crippen molar-refractivity contribution in [2.24, 2.45) is 5.73 Å². The summed E-state index contributed by atoms with van der Waals surface area (Å²) in [4.78, 5) is 0. The number of phenolic OH excluding ortho intramolecular Hbond substituents is 1. The summed E-state index contributed by atoms with van der Waals surface area (Å²) in [5.74, 6) is -0.0149. The lowest BCUT2D eigenvalue weighted by atomic mass is 10.1. The summed E-state index contributed by atoms with van der Waals surface area (Å²) in [6, 6.07) is 1.15. The third kappa shape index (κ3) is 2.57. The zero-order chi connectivity index (χ0) is 11.6. The first-order chi connectivity index (χ1) is 6.97. The van der Waals surface area contributed by atoms with Gasteiger partial charge in [0.25, 0.3) is 6.43 Å². The Bertz CT molecular complexity index is 360. The number of phenols is 1. The van der Waals surface area contributed by atoms with Gasteiger partial charge in [0.05, 0.1) is 13.2 Å². The van der Waals surface area contributed by atoms with Crippen molar-refractivity contribution in [2.45, 2.75) is 12.5 Å². The molecule has 0 saturated heterocycles. The fraction of sp³-hybridized carbons (Fsp3) is 0.333. The van der Waals surface area contributed by atoms with Crippen LogP contribution < -0.4 is 10.5 Å². The van der Waals surface area contributed by atoms with Gasteiger partial charge in [-0.2, -0.15) is 0 Å². The third-order valence-corrected chi connectivity index (χ3v) is 2.62. The van der Waals surface area contributed by atoms with E-state index in [0.29, 0.717) is 4.47 Å². The zero-order valence-electron chi connectivity index (χ0n) is 7.88. The van der Waals surface area contributed by atoms with E-state index in [2.05, 4.69) is 15.9 Å². The quantitative estimate of drug-likeness (QED) is 0.895. The smallest absolute Gasteiger partial charge is 0.257 e. The van der Waals surface area contributed by atoms with Crippen molar-refractivity contribution < 1.29 is 18.6 Å². The van der Waals surface area contributed by atoms with E-state index in [1.807, 2.05) is 0 Å². The first kappa shape index (κ1) is 12.2. The first-order valence-corrected chi connectivity index (χ1v) is 4.86. The highest BCUT2D eigenvalue weighted by molar-refractivity contribution is 9.10. The molecule has 0 aliphatic heterocycles. The number of hydrogen-bond donors (Lipinski definition) is 2. The minimum atomic E-state index is -2.67. The van der Waals surface area contributed by atoms with E-state index in [9.17, 15) is 13.9 Å². The minimum absolute atomic E-state index is 0.115. The van der Waals surface area contributed by atoms with Crippen LogP contribution in [0.2, 0.25) is 0 Å². The Morgan fingerprint density at radius 1 is 1.47 bits per heavy atom. The molecular weight excluding hydrogens is 272 g/mol. The number of benzene rings is 1. The maximum Gasteiger partial charge on any atom is 0.257 e. The number of nitrogens with two attached hydrogens (primary N) is 1. The predicted octanol–water partition coefficient (Wildman–Crippen LogP) is 2.43. The monoisotopic (exact) mass is 281 g/mol. The molecule has 0 saturated carbocycles. The predicted molar refractivity (Wildman–Crippen MR) is 55.3 cm³/mol. The summed E-state index contributed by atoms with van der Waals surface area (Å²) in [5.41, 5.74) is 5.49. The number of rotatable bonds is 3. The maximum atomic E-state index is 12.4. The van der Waals surface area contributed by atoms with Gasteiger partial charge in [-0.1, -0.05) is 15.9 Å². The molecule has 0 aromatic heterocycles. The maximum absolute atomic E-state index is 12.4. The molecule has 0 fully saturated rings. The van der Waals surface area contributed by atoms with Gasteiger partial charge in [-0.15, -0.1) is 0 Å². The number of hydrogen-bond acceptors (Lipinski definition) is 3. The van der Waals surface area contributed by atoms with Crippen LogP contribution in [0.25, 0.3) is 0 Å². The largest absolute Gasteiger partial charge is 0.504 e. The van der Waals surface area contributed by atoms with Crippen LogP contribution >= 0.6 is 15.9 Å². The van der Waals surface area contributed by atoms with E-state index in [-0.39, 0.29) is 17.1 Å². The molecule has 1 rings (SSSR count). The van der Waals surface area contributed by atoms with Crippen molar-refractivity contribution in [3.63, 3.8) is 0 Å². The van der Waals surface area contributed by atoms with Gasteiger partial charge in [0.1, 0.15) is 0 Å². The number of aromatic hydroxyl groups is 1. The third-order valence-electron chi connectivity index (χ3n) is 1.93. The van der Waals surface area contributed by atoms with Crippen LogP contribution in [0.3, 0.4) is 0 Å². The number of halogens is 3. The summed E-state index contributed by atoms with van der Waals surface area (Å²) >= 11 is 3.05. The normalized spacial score (nSPS) is 12.9. The van der Waals surface area contributed by atoms with Crippen LogP contribution in [0, 0.1) is 0 Å². The Hall–Kier alpha value is -0.880. The van der Waals surface area contributed by atoms with Gasteiger partial charge in [-0.3, -0.25) is 0 Å². The minimum Gasteiger partial charge on any atom is -0.504 e. The molecule has 15 heavy (non-hydrogen) atoms. The lowest BCUT2D eigenvalue weighted by Gasteiger charge is -2.14. The Balaban J connectivity index is 3.18. The van der Waals surface area contributed by atoms with Crippen molar-refractivity contribution in [1.82, 2.24) is 0 Å². The molecule has 6 heteroatoms. The van der Waals surface area contributed by atoms with Crippen molar-refractivity contribution in [3.8, 4) is 11.5 Å². The fourth-order valence-corrected chi connectivity index (χ4v) is 1.71. The Kier molecular flexibility index (Phi) is 3.87. The molecule has 0 spiro atoms. The van der Waals surface area contributed by atoms with Gasteiger partial charge in [-0.25, -0.2) is 8.78 Å². The van der Waals surface area contributed by atoms with Gasteiger partial charge in [0, 0.05) is 4.47 Å². The van der Waals surface area contributed by atoms with Crippen LogP contribution in [0.4, 0.5) is 8.78 Å². The lowest BCUT2D eigenvalue weighted by molar-refractivity contribution is 0.116. The summed E-state index contributed by atoms with van der Waals surface area (Å²) in [6.07, 6.45) is -2.67. The highest BCUT2D eigenvalue weighted by atomic mass is 79.9. The van der Waals surface area contributed by atoms with Gasteiger partial charge < -0.3 is 15.6 Å². The molecule has 0 aliphatic rings. The van der Waals surface area contributed by atoms with Crippen LogP contribution in [-0.2, 0) is 0 Å². The fourth-order valence-electron chi connectivity index (χ4n) is 1.11. The number of methoxy groups -OCH3 is 1. The molecule has 1 unspecified atom stereocenters. The summed E-state index contributed by atoms with van der Waals surface area (Å²) in [6.45, 7) is 0. The zero-order valence-corrected chi connectivity index (χ0v) is 9.46. The van der Waals surface area contributed by atoms with E-state index in [1.165, 1.54) is 19.2 Å². The second-order valence-corrected chi connectivity index (χ2v) is 3.76. The molecule has 1 atom stereocenters. The van der Waals surface area contributed by atoms with Crippen molar-refractivity contribution in [3.05, 3.63) is 22.2 Å². The topological polar surface area (TPSA) is 55.5 Å². The molecule has 3 nitrogen and oxygen atoms in total. The average Bonchev–Trinajstić information content (AvgIpc) is 2.17. The van der Waals surface area contributed by atoms with Crippen LogP contribution in [-0.4, -0.2) is 18.6 Å². The Labute approximate surface area is 94.0 Å². The van der Waals surface area contributed by atoms with Gasteiger partial charge in [0.2, 0.25) is 0 Å². The highest BCUT2D eigenvalue weighted by Crippen LogP contribution is 2.36. The second-order valence-electron chi connectivity index (χ2n) is 2.91. The molecule has 0 bridgehead atoms. The molecule has 84 valence electrons. The van der Waals surface area contributed by atoms with E-state index >= 15 is 0 Å². The second kappa shape index (κ2) is 4.76. The average molecular weight is 282 g/mol. The van der Waals surface area contributed by atoms with E-state index in [1.54, 1.807) is 0 Å². The first-order valence-electron chi connectivity index (χ1n) is 4.07. The Morgan fingerprint density at radius 2 is 2.07 bits per heavy atom. The standard InChI is InChI=1S/C9H10BrF2NO2/c1-15-7-2-4(8(13)9(11)12)5(10)3-6(7)14/h2-3,8-9,14H,13H2,1H3. The van der Waals surface area contributed by atoms with Gasteiger partial charge in [-0.05, 0) is 17.7 Å². The van der Waals surface area contributed by atoms with E-state index < -0.39 is 12.5 Å². The lowest BCUT2D eigenvalue weighted by Crippen LogP contribution is -2.19. The van der Waals surface area contributed by atoms with Gasteiger partial charge in [0.15, 0.2) is 11.5 Å². The molecule has 0 aliphatic carbocycles. The molecule has 0 amide bonds. The van der Waals surface area contributed by atoms with E-state index in [0.717, 1.165) is 0 Å². The summed E-state index contributed by atoms with van der Waals surface area (Å²) in [5, 5.41) is 9.35. The van der Waals surface area contributed by atoms with Crippen molar-refractivity contribution >= 4 is 15.9 Å². The van der Waals surface area contributed by atoms with Crippen LogP contribution in [0.15, 0.2) is 16.6 Å². The number of alkyl halides is 2. The highest BCUT2D eigenvalue weighted by Gasteiger charge is 2.21. The molecule has 1 aromatic rings.